The van der Waals surface area contributed by atoms with Crippen molar-refractivity contribution in [3.05, 3.63) is 64.0 Å². The first kappa shape index (κ1) is 28.6. The Balaban J connectivity index is 1.26. The molecule has 0 aliphatic rings. The van der Waals surface area contributed by atoms with Gasteiger partial charge in [0.15, 0.2) is 11.2 Å². The number of carboxylic acids is 1. The number of hydrogen-bond donors (Lipinski definition) is 7. The summed E-state index contributed by atoms with van der Waals surface area (Å²) in [6, 6.07) is 4.99. The van der Waals surface area contributed by atoms with Crippen molar-refractivity contribution in [2.45, 2.75) is 38.5 Å². The maximum Gasteiger partial charge on any atom is 0.326 e. The molecule has 1 unspecified atom stereocenters. The van der Waals surface area contributed by atoms with Crippen LogP contribution in [-0.4, -0.2) is 75.6 Å². The molecule has 4 aromatic rings. The molecule has 0 saturated carbocycles. The van der Waals surface area contributed by atoms with Gasteiger partial charge in [0.2, 0.25) is 11.9 Å². The van der Waals surface area contributed by atoms with Crippen LogP contribution >= 0.6 is 0 Å². The summed E-state index contributed by atoms with van der Waals surface area (Å²) in [4.78, 5) is 63.1. The number of H-pyrrole nitrogens is 1. The van der Waals surface area contributed by atoms with Crippen molar-refractivity contribution in [2.75, 3.05) is 17.7 Å². The van der Waals surface area contributed by atoms with Crippen LogP contribution in [0.15, 0.2) is 41.5 Å². The molecule has 3 heterocycles. The van der Waals surface area contributed by atoms with Gasteiger partial charge in [-0.25, -0.2) is 19.4 Å². The predicted octanol–water partition coefficient (Wildman–Crippen LogP) is -1.23. The highest BCUT2D eigenvalue weighted by molar-refractivity contribution is 5.97. The van der Waals surface area contributed by atoms with Gasteiger partial charge in [-0.3, -0.25) is 19.4 Å². The molecule has 0 spiro atoms. The number of carbonyl (C=O) groups is 3. The number of aliphatic carboxylic acids is 1. The van der Waals surface area contributed by atoms with Crippen LogP contribution in [0.5, 0.6) is 0 Å². The van der Waals surface area contributed by atoms with Crippen molar-refractivity contribution in [2.24, 2.45) is 0 Å². The molecule has 3 aromatic heterocycles. The Morgan fingerprint density at radius 3 is 2.61 bits per heavy atom. The van der Waals surface area contributed by atoms with E-state index in [1.807, 2.05) is 0 Å². The number of fused-ring (bicyclic) bond motifs is 1. The zero-order chi connectivity index (χ0) is 29.4. The number of amides is 2. The van der Waals surface area contributed by atoms with E-state index in [0.29, 0.717) is 17.1 Å². The number of hydrogen-bond acceptors (Lipinski definition) is 12. The molecule has 1 atom stereocenters. The standard InChI is InChI=1S/C24H27N11O6/c25-24-31-20-19(22(39)32-24)29-15(10-28-20)9-26-14-3-1-13(2-4-14)21(38)30-17(23(40)41)5-6-18(37)27-11-16-12-35(7-8-36)34-33-16/h1-4,10,12,17,26,36H,5-9,11H2,(H,27,37)(H,30,38)(H,40,41)(H3,25,28,31,32,39). The van der Waals surface area contributed by atoms with Crippen LogP contribution in [-0.2, 0) is 29.2 Å². The van der Waals surface area contributed by atoms with Crippen molar-refractivity contribution in [3.63, 3.8) is 0 Å². The number of aromatic nitrogens is 7. The van der Waals surface area contributed by atoms with E-state index in [1.165, 1.54) is 23.0 Å². The molecule has 17 heteroatoms. The third-order valence-corrected chi connectivity index (χ3v) is 5.75. The summed E-state index contributed by atoms with van der Waals surface area (Å²) < 4.78 is 1.43. The number of aliphatic hydroxyl groups excluding tert-OH is 1. The van der Waals surface area contributed by atoms with Gasteiger partial charge in [0.05, 0.1) is 44.3 Å². The Labute approximate surface area is 231 Å². The highest BCUT2D eigenvalue weighted by Gasteiger charge is 2.22. The third kappa shape index (κ3) is 7.79. The maximum absolute atomic E-state index is 12.6. The molecular weight excluding hydrogens is 538 g/mol. The van der Waals surface area contributed by atoms with Crippen LogP contribution in [0.2, 0.25) is 0 Å². The molecule has 0 radical (unpaired) electrons. The van der Waals surface area contributed by atoms with Crippen molar-refractivity contribution >= 4 is 40.6 Å². The quantitative estimate of drug-likeness (QED) is 0.100. The molecule has 0 aliphatic heterocycles. The van der Waals surface area contributed by atoms with Crippen molar-refractivity contribution in [1.82, 2.24) is 45.6 Å². The fourth-order valence-corrected chi connectivity index (χ4v) is 3.67. The number of nitrogens with one attached hydrogen (secondary N) is 4. The molecule has 0 fully saturated rings. The molecule has 4 rings (SSSR count). The molecular formula is C24H27N11O6. The van der Waals surface area contributed by atoms with E-state index < -0.39 is 29.4 Å². The summed E-state index contributed by atoms with van der Waals surface area (Å²) >= 11 is 0. The fraction of sp³-hybridized carbons (Fsp3) is 0.292. The lowest BCUT2D eigenvalue weighted by Crippen LogP contribution is -2.41. The second-order valence-electron chi connectivity index (χ2n) is 8.79. The van der Waals surface area contributed by atoms with Crippen LogP contribution in [0, 0.1) is 0 Å². The minimum Gasteiger partial charge on any atom is -0.480 e. The third-order valence-electron chi connectivity index (χ3n) is 5.75. The van der Waals surface area contributed by atoms with Gasteiger partial charge >= 0.3 is 5.97 Å². The van der Waals surface area contributed by atoms with Crippen LogP contribution in [0.1, 0.15) is 34.6 Å². The lowest BCUT2D eigenvalue weighted by Gasteiger charge is -2.15. The summed E-state index contributed by atoms with van der Waals surface area (Å²) in [5.74, 6) is -2.36. The van der Waals surface area contributed by atoms with E-state index in [2.05, 4.69) is 46.2 Å². The number of benzene rings is 1. The molecule has 0 aliphatic carbocycles. The van der Waals surface area contributed by atoms with E-state index in [0.717, 1.165) is 0 Å². The summed E-state index contributed by atoms with van der Waals surface area (Å²) in [5.41, 5.74) is 7.00. The van der Waals surface area contributed by atoms with E-state index in [1.54, 1.807) is 18.3 Å². The Morgan fingerprint density at radius 1 is 1.10 bits per heavy atom. The number of aromatic amines is 1. The van der Waals surface area contributed by atoms with Crippen molar-refractivity contribution < 1.29 is 24.6 Å². The average molecular weight is 566 g/mol. The average Bonchev–Trinajstić information content (AvgIpc) is 3.40. The van der Waals surface area contributed by atoms with Gasteiger partial charge in [0.25, 0.3) is 11.5 Å². The summed E-state index contributed by atoms with van der Waals surface area (Å²) in [5, 5.41) is 34.2. The minimum atomic E-state index is -1.28. The first-order chi connectivity index (χ1) is 19.7. The summed E-state index contributed by atoms with van der Waals surface area (Å²) in [6.07, 6.45) is 2.77. The number of carbonyl (C=O) groups excluding carboxylic acids is 2. The highest BCUT2D eigenvalue weighted by Crippen LogP contribution is 2.12. The second-order valence-corrected chi connectivity index (χ2v) is 8.79. The fourth-order valence-electron chi connectivity index (χ4n) is 3.67. The molecule has 17 nitrogen and oxygen atoms in total. The lowest BCUT2D eigenvalue weighted by atomic mass is 10.1. The second kappa shape index (κ2) is 13.1. The van der Waals surface area contributed by atoms with Gasteiger partial charge < -0.3 is 31.9 Å². The Hall–Kier alpha value is -5.45. The van der Waals surface area contributed by atoms with Crippen molar-refractivity contribution in [3.8, 4) is 0 Å². The normalized spacial score (nSPS) is 11.6. The van der Waals surface area contributed by atoms with Crippen LogP contribution in [0.4, 0.5) is 11.6 Å². The number of rotatable bonds is 13. The van der Waals surface area contributed by atoms with Gasteiger partial charge in [-0.15, -0.1) is 5.10 Å². The zero-order valence-corrected chi connectivity index (χ0v) is 21.6. The van der Waals surface area contributed by atoms with Crippen LogP contribution in [0.3, 0.4) is 0 Å². The van der Waals surface area contributed by atoms with Gasteiger partial charge in [-0.05, 0) is 30.7 Å². The van der Waals surface area contributed by atoms with E-state index >= 15 is 0 Å². The smallest absolute Gasteiger partial charge is 0.326 e. The summed E-state index contributed by atoms with van der Waals surface area (Å²) in [7, 11) is 0. The SMILES string of the molecule is Nc1nc2ncc(CNc3ccc(C(=O)NC(CCC(=O)NCc4cn(CCO)nn4)C(=O)O)cc3)nc2c(=O)[nH]1. The Bertz CT molecular complexity index is 1600. The van der Waals surface area contributed by atoms with Gasteiger partial charge in [-0.1, -0.05) is 5.21 Å². The van der Waals surface area contributed by atoms with Gasteiger partial charge in [-0.2, -0.15) is 4.98 Å². The van der Waals surface area contributed by atoms with Gasteiger partial charge in [0, 0.05) is 17.7 Å². The van der Waals surface area contributed by atoms with Crippen LogP contribution < -0.4 is 27.2 Å². The predicted molar refractivity (Wildman–Crippen MR) is 143 cm³/mol. The van der Waals surface area contributed by atoms with E-state index in [4.69, 9.17) is 10.8 Å². The topological polar surface area (TPSA) is 256 Å². The zero-order valence-electron chi connectivity index (χ0n) is 21.6. The monoisotopic (exact) mass is 565 g/mol. The summed E-state index contributed by atoms with van der Waals surface area (Å²) in [6.45, 7) is 0.493. The number of anilines is 2. The lowest BCUT2D eigenvalue weighted by molar-refractivity contribution is -0.139. The molecule has 1 aromatic carbocycles. The highest BCUT2D eigenvalue weighted by atomic mass is 16.4. The number of nitrogens with zero attached hydrogens (tertiary/aromatic N) is 6. The molecule has 41 heavy (non-hydrogen) atoms. The Morgan fingerprint density at radius 2 is 1.88 bits per heavy atom. The minimum absolute atomic E-state index is 0.0548. The number of carboxylic acid groups (broad SMARTS) is 1. The molecule has 0 saturated heterocycles. The van der Waals surface area contributed by atoms with Crippen LogP contribution in [0.25, 0.3) is 11.2 Å². The van der Waals surface area contributed by atoms with E-state index in [-0.39, 0.29) is 61.8 Å². The maximum atomic E-state index is 12.6. The first-order valence-electron chi connectivity index (χ1n) is 12.4. The number of nitrogens with two attached hydrogens (primary N) is 1. The van der Waals surface area contributed by atoms with Gasteiger partial charge in [0.1, 0.15) is 11.7 Å². The molecule has 2 amide bonds. The molecule has 0 bridgehead atoms. The molecule has 8 N–H and O–H groups in total. The Kier molecular flexibility index (Phi) is 9.10. The van der Waals surface area contributed by atoms with E-state index in [9.17, 15) is 24.3 Å². The number of aliphatic hydroxyl groups is 1. The van der Waals surface area contributed by atoms with Crippen molar-refractivity contribution in [1.29, 1.82) is 0 Å². The number of nitrogen functional groups attached to an aromatic ring is 1. The first-order valence-corrected chi connectivity index (χ1v) is 12.4. The largest absolute Gasteiger partial charge is 0.480 e. The molecule has 214 valence electrons.